The topological polar surface area (TPSA) is 0 Å². The van der Waals surface area contributed by atoms with Crippen molar-refractivity contribution < 1.29 is 8.78 Å². The molecule has 0 N–H and O–H groups in total. The van der Waals surface area contributed by atoms with Crippen LogP contribution in [-0.2, 0) is 0 Å². The monoisotopic (exact) mass is 148 g/mol. The Balaban J connectivity index is 3.93. The van der Waals surface area contributed by atoms with Crippen LogP contribution >= 0.6 is 0 Å². The molecule has 0 saturated heterocycles. The summed E-state index contributed by atoms with van der Waals surface area (Å²) in [6.45, 7) is 4.80. The summed E-state index contributed by atoms with van der Waals surface area (Å²) in [4.78, 5) is 0. The zero-order valence-electron chi connectivity index (χ0n) is 6.75. The van der Waals surface area contributed by atoms with Gasteiger partial charge in [-0.05, 0) is 12.5 Å². The zero-order valence-corrected chi connectivity index (χ0v) is 6.75. The summed E-state index contributed by atoms with van der Waals surface area (Å²) in [6, 6.07) is 0. The maximum atomic E-state index is 12.8. The van der Waals surface area contributed by atoms with Gasteiger partial charge in [-0.2, -0.15) is 0 Å². The van der Waals surface area contributed by atoms with Crippen molar-refractivity contribution >= 4 is 0 Å². The van der Waals surface area contributed by atoms with E-state index in [1.54, 1.807) is 20.8 Å². The van der Waals surface area contributed by atoms with Crippen molar-refractivity contribution in [2.45, 2.75) is 27.2 Å². The molecule has 0 heterocycles. The molecule has 0 aromatic rings. The fraction of sp³-hybridized carbons (Fsp3) is 0.750. The van der Waals surface area contributed by atoms with Crippen LogP contribution in [0.15, 0.2) is 11.9 Å². The molecule has 60 valence electrons. The van der Waals surface area contributed by atoms with E-state index in [1.165, 1.54) is 6.08 Å². The Hall–Kier alpha value is -0.400. The quantitative estimate of drug-likeness (QED) is 0.564. The van der Waals surface area contributed by atoms with Gasteiger partial charge in [0.15, 0.2) is 0 Å². The Morgan fingerprint density at radius 1 is 1.40 bits per heavy atom. The van der Waals surface area contributed by atoms with Crippen molar-refractivity contribution in [1.29, 1.82) is 0 Å². The van der Waals surface area contributed by atoms with Gasteiger partial charge in [-0.25, -0.2) is 4.39 Å². The Morgan fingerprint density at radius 3 is 2.20 bits per heavy atom. The fourth-order valence-corrected chi connectivity index (χ4v) is 0.487. The van der Waals surface area contributed by atoms with E-state index in [0.717, 1.165) is 0 Å². The van der Waals surface area contributed by atoms with E-state index >= 15 is 0 Å². The lowest BCUT2D eigenvalue weighted by Gasteiger charge is -2.14. The first-order chi connectivity index (χ1) is 4.48. The highest BCUT2D eigenvalue weighted by Crippen LogP contribution is 2.26. The van der Waals surface area contributed by atoms with Crippen LogP contribution in [0, 0.1) is 5.41 Å². The Kier molecular flexibility index (Phi) is 3.54. The summed E-state index contributed by atoms with van der Waals surface area (Å²) in [5.41, 5.74) is -0.463. The van der Waals surface area contributed by atoms with Crippen molar-refractivity contribution in [2.75, 3.05) is 6.67 Å². The molecule has 0 saturated carbocycles. The second-order valence-electron chi connectivity index (χ2n) is 3.28. The highest BCUT2D eigenvalue weighted by Gasteiger charge is 2.15. The van der Waals surface area contributed by atoms with Crippen molar-refractivity contribution in [3.63, 3.8) is 0 Å². The minimum absolute atomic E-state index is 0.184. The largest absolute Gasteiger partial charge is 0.251 e. The molecule has 2 heteroatoms. The number of hydrogen-bond acceptors (Lipinski definition) is 0. The average Bonchev–Trinajstić information content (AvgIpc) is 1.80. The van der Waals surface area contributed by atoms with Crippen molar-refractivity contribution in [3.8, 4) is 0 Å². The van der Waals surface area contributed by atoms with Crippen molar-refractivity contribution in [2.24, 2.45) is 5.41 Å². The summed E-state index contributed by atoms with van der Waals surface area (Å²) in [5, 5.41) is 0. The Morgan fingerprint density at radius 2 is 1.90 bits per heavy atom. The van der Waals surface area contributed by atoms with Gasteiger partial charge < -0.3 is 0 Å². The molecule has 0 aromatic carbocycles. The summed E-state index contributed by atoms with van der Waals surface area (Å²) < 4.78 is 24.3. The molecule has 0 aliphatic rings. The van der Waals surface area contributed by atoms with Gasteiger partial charge in [-0.1, -0.05) is 20.8 Å². The standard InChI is InChI=1S/C8H14F2/c1-8(2,3)7(10)5-4-6-9/h5H,4,6H2,1-3H3/b7-5+. The smallest absolute Gasteiger partial charge is 0.101 e. The predicted octanol–water partition coefficient (Wildman–Crippen LogP) is 3.25. The van der Waals surface area contributed by atoms with E-state index in [9.17, 15) is 8.78 Å². The molecular formula is C8H14F2. The number of alkyl halides is 1. The maximum Gasteiger partial charge on any atom is 0.101 e. The van der Waals surface area contributed by atoms with Gasteiger partial charge in [-0.3, -0.25) is 4.39 Å². The van der Waals surface area contributed by atoms with E-state index in [-0.39, 0.29) is 12.2 Å². The van der Waals surface area contributed by atoms with E-state index in [0.29, 0.717) is 0 Å². The minimum atomic E-state index is -0.483. The molecule has 0 bridgehead atoms. The first-order valence-electron chi connectivity index (χ1n) is 3.40. The lowest BCUT2D eigenvalue weighted by atomic mass is 9.94. The highest BCUT2D eigenvalue weighted by molar-refractivity contribution is 5.01. The van der Waals surface area contributed by atoms with Crippen molar-refractivity contribution in [3.05, 3.63) is 11.9 Å². The number of hydrogen-bond donors (Lipinski definition) is 0. The predicted molar refractivity (Wildman–Crippen MR) is 39.2 cm³/mol. The molecule has 0 fully saturated rings. The zero-order chi connectivity index (χ0) is 8.20. The first-order valence-corrected chi connectivity index (χ1v) is 3.40. The third-order valence-electron chi connectivity index (χ3n) is 1.15. The SMILES string of the molecule is CC(C)(C)/C(F)=C\CCF. The van der Waals surface area contributed by atoms with Gasteiger partial charge >= 0.3 is 0 Å². The third-order valence-corrected chi connectivity index (χ3v) is 1.15. The molecule has 10 heavy (non-hydrogen) atoms. The second kappa shape index (κ2) is 3.69. The van der Waals surface area contributed by atoms with E-state index < -0.39 is 12.1 Å². The van der Waals surface area contributed by atoms with Crippen LogP contribution in [0.3, 0.4) is 0 Å². The van der Waals surface area contributed by atoms with Crippen LogP contribution < -0.4 is 0 Å². The summed E-state index contributed by atoms with van der Waals surface area (Å²) in [5.74, 6) is -0.231. The lowest BCUT2D eigenvalue weighted by Crippen LogP contribution is -2.05. The van der Waals surface area contributed by atoms with Crippen LogP contribution in [0.1, 0.15) is 27.2 Å². The number of allylic oxidation sites excluding steroid dienone is 2. The molecular weight excluding hydrogens is 134 g/mol. The Bertz CT molecular complexity index is 120. The maximum absolute atomic E-state index is 12.8. The average molecular weight is 148 g/mol. The lowest BCUT2D eigenvalue weighted by molar-refractivity contribution is 0.377. The molecule has 0 aliphatic carbocycles. The van der Waals surface area contributed by atoms with Gasteiger partial charge in [0.1, 0.15) is 5.83 Å². The normalized spacial score (nSPS) is 13.9. The summed E-state index contributed by atoms with van der Waals surface area (Å²) in [6.07, 6.45) is 1.49. The minimum Gasteiger partial charge on any atom is -0.251 e. The van der Waals surface area contributed by atoms with Crippen LogP contribution in [-0.4, -0.2) is 6.67 Å². The highest BCUT2D eigenvalue weighted by atomic mass is 19.1. The second-order valence-corrected chi connectivity index (χ2v) is 3.28. The summed E-state index contributed by atoms with van der Waals surface area (Å²) >= 11 is 0. The third kappa shape index (κ3) is 3.59. The van der Waals surface area contributed by atoms with Crippen LogP contribution in [0.2, 0.25) is 0 Å². The van der Waals surface area contributed by atoms with E-state index in [1.807, 2.05) is 0 Å². The van der Waals surface area contributed by atoms with Gasteiger partial charge in [0.25, 0.3) is 0 Å². The number of halogens is 2. The number of rotatable bonds is 2. The molecule has 0 aromatic heterocycles. The van der Waals surface area contributed by atoms with Gasteiger partial charge in [0.05, 0.1) is 6.67 Å². The van der Waals surface area contributed by atoms with E-state index in [4.69, 9.17) is 0 Å². The van der Waals surface area contributed by atoms with Crippen LogP contribution in [0.4, 0.5) is 8.78 Å². The van der Waals surface area contributed by atoms with E-state index in [2.05, 4.69) is 0 Å². The molecule has 0 spiro atoms. The molecule has 0 aliphatic heterocycles. The molecule has 0 rings (SSSR count). The molecule has 0 amide bonds. The van der Waals surface area contributed by atoms with Gasteiger partial charge in [-0.15, -0.1) is 0 Å². The van der Waals surface area contributed by atoms with Crippen molar-refractivity contribution in [1.82, 2.24) is 0 Å². The molecule has 0 atom stereocenters. The van der Waals surface area contributed by atoms with Crippen LogP contribution in [0.25, 0.3) is 0 Å². The molecule has 0 nitrogen and oxygen atoms in total. The summed E-state index contributed by atoms with van der Waals surface area (Å²) in [7, 11) is 0. The molecule has 0 unspecified atom stereocenters. The van der Waals surface area contributed by atoms with Gasteiger partial charge in [0.2, 0.25) is 0 Å². The van der Waals surface area contributed by atoms with Gasteiger partial charge in [0, 0.05) is 5.41 Å². The molecule has 0 radical (unpaired) electrons. The fourth-order valence-electron chi connectivity index (χ4n) is 0.487. The van der Waals surface area contributed by atoms with Crippen LogP contribution in [0.5, 0.6) is 0 Å². The first kappa shape index (κ1) is 9.60. The Labute approximate surface area is 60.9 Å².